The number of H-pyrrole nitrogens is 1. The Morgan fingerprint density at radius 2 is 1.80 bits per heavy atom. The number of hydrogen-bond acceptors (Lipinski definition) is 4. The standard InChI is InChI=1S/C28H25N5O.ClH/c29-15-22-11-12-27-24(13-22)17-33(28(34)23-9-5-2-6-10-23)26(14-21-7-3-1-4-8-21)19-32(27)18-25-16-30-20-31-25;/h1-13,16,20,26H,14,17-19H2,(H,30,31);1H/t26-;/m1./s1. The number of fused-ring (bicyclic) bond motifs is 1. The van der Waals surface area contributed by atoms with Crippen molar-refractivity contribution in [3.8, 4) is 6.07 Å². The van der Waals surface area contributed by atoms with Gasteiger partial charge in [-0.2, -0.15) is 5.26 Å². The number of hydrogen-bond donors (Lipinski definition) is 1. The van der Waals surface area contributed by atoms with Crippen molar-refractivity contribution in [2.24, 2.45) is 0 Å². The van der Waals surface area contributed by atoms with Gasteiger partial charge in [0.05, 0.1) is 36.2 Å². The number of amides is 1. The summed E-state index contributed by atoms with van der Waals surface area (Å²) < 4.78 is 0. The number of anilines is 1. The molecule has 1 amide bonds. The largest absolute Gasteiger partial charge is 0.363 e. The summed E-state index contributed by atoms with van der Waals surface area (Å²) in [5, 5.41) is 9.53. The lowest BCUT2D eigenvalue weighted by Crippen LogP contribution is -2.45. The highest BCUT2D eigenvalue weighted by Gasteiger charge is 2.32. The highest BCUT2D eigenvalue weighted by atomic mass is 35.5. The predicted molar refractivity (Wildman–Crippen MR) is 138 cm³/mol. The Morgan fingerprint density at radius 3 is 2.49 bits per heavy atom. The Balaban J connectivity index is 0.00000289. The normalized spacial score (nSPS) is 14.9. The fourth-order valence-electron chi connectivity index (χ4n) is 4.63. The van der Waals surface area contributed by atoms with E-state index in [-0.39, 0.29) is 24.4 Å². The second-order valence-corrected chi connectivity index (χ2v) is 8.56. The molecule has 0 bridgehead atoms. The zero-order valence-electron chi connectivity index (χ0n) is 19.2. The predicted octanol–water partition coefficient (Wildman–Crippen LogP) is 4.98. The summed E-state index contributed by atoms with van der Waals surface area (Å²) in [4.78, 5) is 25.4. The van der Waals surface area contributed by atoms with Gasteiger partial charge in [-0.1, -0.05) is 48.5 Å². The van der Waals surface area contributed by atoms with E-state index in [1.165, 1.54) is 5.56 Å². The second kappa shape index (κ2) is 10.9. The van der Waals surface area contributed by atoms with Crippen molar-refractivity contribution in [2.45, 2.75) is 25.6 Å². The van der Waals surface area contributed by atoms with E-state index in [1.807, 2.05) is 77.8 Å². The molecule has 0 spiro atoms. The van der Waals surface area contributed by atoms with E-state index in [0.717, 1.165) is 23.4 Å². The summed E-state index contributed by atoms with van der Waals surface area (Å²) in [6.45, 7) is 1.73. The lowest BCUT2D eigenvalue weighted by atomic mass is 10.0. The van der Waals surface area contributed by atoms with Crippen LogP contribution in [0.2, 0.25) is 0 Å². The number of nitrogens with zero attached hydrogens (tertiary/aromatic N) is 4. The van der Waals surface area contributed by atoms with Crippen LogP contribution in [-0.4, -0.2) is 33.4 Å². The van der Waals surface area contributed by atoms with Gasteiger partial charge in [0.25, 0.3) is 5.91 Å². The summed E-state index contributed by atoms with van der Waals surface area (Å²) in [5.74, 6) is -0.00164. The van der Waals surface area contributed by atoms with Crippen LogP contribution in [0.25, 0.3) is 0 Å². The monoisotopic (exact) mass is 483 g/mol. The lowest BCUT2D eigenvalue weighted by molar-refractivity contribution is 0.0670. The molecule has 0 aliphatic carbocycles. The molecule has 6 nitrogen and oxygen atoms in total. The first-order valence-electron chi connectivity index (χ1n) is 11.4. The van der Waals surface area contributed by atoms with Gasteiger partial charge in [0.15, 0.2) is 0 Å². The van der Waals surface area contributed by atoms with E-state index in [4.69, 9.17) is 0 Å². The second-order valence-electron chi connectivity index (χ2n) is 8.56. The van der Waals surface area contributed by atoms with Crippen molar-refractivity contribution in [1.29, 1.82) is 5.26 Å². The van der Waals surface area contributed by atoms with Gasteiger partial charge in [0.2, 0.25) is 0 Å². The van der Waals surface area contributed by atoms with Crippen LogP contribution in [0.4, 0.5) is 5.69 Å². The first kappa shape index (κ1) is 24.1. The van der Waals surface area contributed by atoms with Gasteiger partial charge in [-0.05, 0) is 47.9 Å². The number of nitrogens with one attached hydrogen (secondary N) is 1. The van der Waals surface area contributed by atoms with Crippen LogP contribution in [0.3, 0.4) is 0 Å². The number of rotatable bonds is 5. The van der Waals surface area contributed by atoms with Crippen molar-refractivity contribution in [3.63, 3.8) is 0 Å². The molecule has 4 aromatic rings. The number of benzene rings is 3. The summed E-state index contributed by atoms with van der Waals surface area (Å²) in [6.07, 6.45) is 4.24. The number of halogens is 1. The first-order valence-corrected chi connectivity index (χ1v) is 11.4. The van der Waals surface area contributed by atoms with Crippen molar-refractivity contribution >= 4 is 24.0 Å². The maximum absolute atomic E-state index is 13.8. The third-order valence-electron chi connectivity index (χ3n) is 6.27. The average Bonchev–Trinajstić information content (AvgIpc) is 3.35. The van der Waals surface area contributed by atoms with E-state index >= 15 is 0 Å². The molecule has 1 N–H and O–H groups in total. The zero-order valence-corrected chi connectivity index (χ0v) is 20.0. The molecular formula is C28H26ClN5O. The van der Waals surface area contributed by atoms with Crippen LogP contribution < -0.4 is 4.90 Å². The Labute approximate surface area is 211 Å². The van der Waals surface area contributed by atoms with Gasteiger partial charge >= 0.3 is 0 Å². The van der Waals surface area contributed by atoms with E-state index in [0.29, 0.717) is 30.8 Å². The maximum atomic E-state index is 13.8. The third-order valence-corrected chi connectivity index (χ3v) is 6.27. The van der Waals surface area contributed by atoms with Crippen LogP contribution in [0.1, 0.15) is 32.7 Å². The summed E-state index contributed by atoms with van der Waals surface area (Å²) in [7, 11) is 0. The van der Waals surface area contributed by atoms with Crippen LogP contribution in [-0.2, 0) is 19.5 Å². The van der Waals surface area contributed by atoms with Gasteiger partial charge < -0.3 is 14.8 Å². The Hall–Kier alpha value is -4.08. The van der Waals surface area contributed by atoms with Crippen LogP contribution >= 0.6 is 12.4 Å². The molecule has 1 aliphatic heterocycles. The van der Waals surface area contributed by atoms with Crippen molar-refractivity contribution in [1.82, 2.24) is 14.9 Å². The third kappa shape index (κ3) is 5.37. The average molecular weight is 484 g/mol. The van der Waals surface area contributed by atoms with E-state index < -0.39 is 0 Å². The topological polar surface area (TPSA) is 76.0 Å². The van der Waals surface area contributed by atoms with E-state index in [9.17, 15) is 10.1 Å². The zero-order chi connectivity index (χ0) is 23.3. The molecule has 1 aliphatic rings. The number of carbonyl (C=O) groups is 1. The van der Waals surface area contributed by atoms with E-state index in [1.54, 1.807) is 6.33 Å². The van der Waals surface area contributed by atoms with Gasteiger partial charge in [-0.15, -0.1) is 12.4 Å². The van der Waals surface area contributed by atoms with Gasteiger partial charge in [0.1, 0.15) is 0 Å². The molecule has 1 aromatic heterocycles. The summed E-state index contributed by atoms with van der Waals surface area (Å²) in [6, 6.07) is 27.7. The molecule has 0 saturated carbocycles. The molecule has 0 unspecified atom stereocenters. The SMILES string of the molecule is Cl.N#Cc1ccc2c(c1)CN(C(=O)c1ccccc1)[C@H](Cc1ccccc1)CN2Cc1cnc[nH]1. The fourth-order valence-corrected chi connectivity index (χ4v) is 4.63. The minimum atomic E-state index is -0.0593. The van der Waals surface area contributed by atoms with E-state index in [2.05, 4.69) is 33.1 Å². The minimum Gasteiger partial charge on any atom is -0.363 e. The molecule has 0 radical (unpaired) electrons. The van der Waals surface area contributed by atoms with Crippen molar-refractivity contribution in [2.75, 3.05) is 11.4 Å². The number of imidazole rings is 1. The summed E-state index contributed by atoms with van der Waals surface area (Å²) >= 11 is 0. The minimum absolute atomic E-state index is 0. The molecule has 1 atom stereocenters. The van der Waals surface area contributed by atoms with Crippen LogP contribution in [0, 0.1) is 11.3 Å². The molecule has 0 saturated heterocycles. The maximum Gasteiger partial charge on any atom is 0.254 e. The number of aromatic amines is 1. The fraction of sp³-hybridized carbons (Fsp3) is 0.179. The summed E-state index contributed by atoms with van der Waals surface area (Å²) in [5.41, 5.74) is 5.45. The molecule has 2 heterocycles. The highest BCUT2D eigenvalue weighted by molar-refractivity contribution is 5.94. The van der Waals surface area contributed by atoms with Gasteiger partial charge in [-0.3, -0.25) is 4.79 Å². The molecule has 0 fully saturated rings. The Kier molecular flexibility index (Phi) is 7.49. The van der Waals surface area contributed by atoms with Crippen molar-refractivity contribution in [3.05, 3.63) is 119 Å². The Bertz CT molecular complexity index is 1300. The number of carbonyl (C=O) groups excluding carboxylic acids is 1. The molecule has 3 aromatic carbocycles. The van der Waals surface area contributed by atoms with Gasteiger partial charge in [-0.25, -0.2) is 4.98 Å². The quantitative estimate of drug-likeness (QED) is 0.434. The molecular weight excluding hydrogens is 458 g/mol. The van der Waals surface area contributed by atoms with Crippen LogP contribution in [0.15, 0.2) is 91.4 Å². The number of aromatic nitrogens is 2. The molecule has 5 rings (SSSR count). The molecule has 176 valence electrons. The Morgan fingerprint density at radius 1 is 1.06 bits per heavy atom. The molecule has 35 heavy (non-hydrogen) atoms. The van der Waals surface area contributed by atoms with Crippen molar-refractivity contribution < 1.29 is 4.79 Å². The van der Waals surface area contributed by atoms with Crippen LogP contribution in [0.5, 0.6) is 0 Å². The lowest BCUT2D eigenvalue weighted by Gasteiger charge is -2.33. The highest BCUT2D eigenvalue weighted by Crippen LogP contribution is 2.31. The first-order chi connectivity index (χ1) is 16.7. The van der Waals surface area contributed by atoms with Gasteiger partial charge in [0, 0.05) is 30.5 Å². The smallest absolute Gasteiger partial charge is 0.254 e. The number of nitriles is 1. The molecule has 7 heteroatoms.